The normalized spacial score (nSPS) is 18.3. The highest BCUT2D eigenvalue weighted by molar-refractivity contribution is 9.10. The minimum absolute atomic E-state index is 0.537. The lowest BCUT2D eigenvalue weighted by Crippen LogP contribution is -2.20. The number of halogens is 1. The van der Waals surface area contributed by atoms with Gasteiger partial charge in [0.05, 0.1) is 0 Å². The van der Waals surface area contributed by atoms with Crippen LogP contribution in [0.1, 0.15) is 35.6 Å². The van der Waals surface area contributed by atoms with Crippen LogP contribution in [-0.2, 0) is 13.0 Å². The summed E-state index contributed by atoms with van der Waals surface area (Å²) in [6.07, 6.45) is 8.41. The zero-order valence-corrected chi connectivity index (χ0v) is 12.8. The first kappa shape index (κ1) is 12.9. The Hall–Kier alpha value is -1.06. The second-order valence-corrected chi connectivity index (χ2v) is 6.19. The van der Waals surface area contributed by atoms with E-state index < -0.39 is 0 Å². The van der Waals surface area contributed by atoms with Crippen molar-refractivity contribution in [3.8, 4) is 0 Å². The van der Waals surface area contributed by atoms with Gasteiger partial charge in [-0.15, -0.1) is 0 Å². The van der Waals surface area contributed by atoms with E-state index in [1.807, 2.05) is 0 Å². The zero-order valence-electron chi connectivity index (χ0n) is 11.2. The maximum Gasteiger partial charge on any atom is 0.0470 e. The van der Waals surface area contributed by atoms with E-state index in [0.717, 1.165) is 11.0 Å². The number of nitrogens with one attached hydrogen (secondary N) is 1. The van der Waals surface area contributed by atoms with Gasteiger partial charge < -0.3 is 9.88 Å². The van der Waals surface area contributed by atoms with Crippen molar-refractivity contribution in [2.45, 2.75) is 31.8 Å². The predicted octanol–water partition coefficient (Wildman–Crippen LogP) is 3.90. The summed E-state index contributed by atoms with van der Waals surface area (Å²) in [6.45, 7) is 0.955. The Morgan fingerprint density at radius 1 is 1.26 bits per heavy atom. The van der Waals surface area contributed by atoms with Gasteiger partial charge in [0.1, 0.15) is 0 Å². The molecule has 100 valence electrons. The molecule has 0 radical (unpaired) electrons. The summed E-state index contributed by atoms with van der Waals surface area (Å²) in [5.41, 5.74) is 4.35. The van der Waals surface area contributed by atoms with E-state index in [0.29, 0.717) is 6.04 Å². The Bertz CT molecular complexity index is 557. The van der Waals surface area contributed by atoms with Gasteiger partial charge in [-0.3, -0.25) is 0 Å². The molecule has 1 N–H and O–H groups in total. The van der Waals surface area contributed by atoms with Crippen LogP contribution in [0.3, 0.4) is 0 Å². The molecule has 1 heterocycles. The van der Waals surface area contributed by atoms with Crippen molar-refractivity contribution >= 4 is 15.9 Å². The monoisotopic (exact) mass is 318 g/mol. The minimum atomic E-state index is 0.537. The highest BCUT2D eigenvalue weighted by atomic mass is 79.9. The molecule has 1 unspecified atom stereocenters. The van der Waals surface area contributed by atoms with Crippen LogP contribution < -0.4 is 5.32 Å². The van der Waals surface area contributed by atoms with Crippen molar-refractivity contribution in [1.29, 1.82) is 0 Å². The largest absolute Gasteiger partial charge is 0.349 e. The van der Waals surface area contributed by atoms with Crippen molar-refractivity contribution in [1.82, 2.24) is 9.88 Å². The van der Waals surface area contributed by atoms with Crippen molar-refractivity contribution in [3.63, 3.8) is 0 Å². The molecule has 1 aliphatic rings. The van der Waals surface area contributed by atoms with Gasteiger partial charge in [0, 0.05) is 29.5 Å². The van der Waals surface area contributed by atoms with Crippen LogP contribution in [0.15, 0.2) is 41.1 Å². The molecule has 0 amide bonds. The molecule has 0 saturated carbocycles. The summed E-state index contributed by atoms with van der Waals surface area (Å²) in [5.74, 6) is 0. The van der Waals surface area contributed by atoms with Crippen molar-refractivity contribution in [3.05, 3.63) is 57.8 Å². The van der Waals surface area contributed by atoms with Crippen LogP contribution in [0.25, 0.3) is 0 Å². The molecule has 0 bridgehead atoms. The molecule has 2 nitrogen and oxygen atoms in total. The molecule has 1 atom stereocenters. The van der Waals surface area contributed by atoms with Gasteiger partial charge in [-0.1, -0.05) is 28.1 Å². The number of aromatic nitrogens is 1. The number of hydrogen-bond donors (Lipinski definition) is 1. The fourth-order valence-corrected chi connectivity index (χ4v) is 3.20. The predicted molar refractivity (Wildman–Crippen MR) is 82.4 cm³/mol. The third-order valence-electron chi connectivity index (χ3n) is 3.94. The molecule has 0 fully saturated rings. The first-order valence-electron chi connectivity index (χ1n) is 6.86. The van der Waals surface area contributed by atoms with Crippen molar-refractivity contribution in [2.75, 3.05) is 7.05 Å². The summed E-state index contributed by atoms with van der Waals surface area (Å²) in [5, 5.41) is 3.43. The Morgan fingerprint density at radius 2 is 2.05 bits per heavy atom. The van der Waals surface area contributed by atoms with Gasteiger partial charge in [0.15, 0.2) is 0 Å². The van der Waals surface area contributed by atoms with Crippen LogP contribution in [0.5, 0.6) is 0 Å². The molecule has 3 heteroatoms. The maximum absolute atomic E-state index is 3.48. The van der Waals surface area contributed by atoms with E-state index >= 15 is 0 Å². The summed E-state index contributed by atoms with van der Waals surface area (Å²) in [7, 11) is 2.06. The zero-order chi connectivity index (χ0) is 13.2. The molecule has 1 aromatic heterocycles. The number of fused-ring (bicyclic) bond motifs is 1. The second kappa shape index (κ2) is 5.51. The van der Waals surface area contributed by atoms with E-state index in [2.05, 4.69) is 69.5 Å². The van der Waals surface area contributed by atoms with Gasteiger partial charge in [0.25, 0.3) is 0 Å². The molecular formula is C16H19BrN2. The number of nitrogens with zero attached hydrogens (tertiary/aromatic N) is 1. The molecule has 2 aromatic rings. The van der Waals surface area contributed by atoms with E-state index in [1.165, 1.54) is 36.0 Å². The highest BCUT2D eigenvalue weighted by Crippen LogP contribution is 2.30. The smallest absolute Gasteiger partial charge is 0.0470 e. The Labute approximate surface area is 123 Å². The lowest BCUT2D eigenvalue weighted by molar-refractivity contribution is 0.498. The Kier molecular flexibility index (Phi) is 3.76. The minimum Gasteiger partial charge on any atom is -0.349 e. The molecule has 0 saturated heterocycles. The van der Waals surface area contributed by atoms with Crippen LogP contribution in [-0.4, -0.2) is 11.6 Å². The first-order valence-corrected chi connectivity index (χ1v) is 7.66. The lowest BCUT2D eigenvalue weighted by atomic mass is 9.91. The van der Waals surface area contributed by atoms with Crippen LogP contribution >= 0.6 is 15.9 Å². The fourth-order valence-electron chi connectivity index (χ4n) is 2.94. The van der Waals surface area contributed by atoms with Gasteiger partial charge in [0.2, 0.25) is 0 Å². The number of rotatable bonds is 3. The molecule has 3 rings (SSSR count). The highest BCUT2D eigenvalue weighted by Gasteiger charge is 2.20. The van der Waals surface area contributed by atoms with Gasteiger partial charge in [-0.25, -0.2) is 0 Å². The summed E-state index contributed by atoms with van der Waals surface area (Å²) in [4.78, 5) is 0. The van der Waals surface area contributed by atoms with E-state index in [9.17, 15) is 0 Å². The van der Waals surface area contributed by atoms with Crippen molar-refractivity contribution < 1.29 is 0 Å². The Morgan fingerprint density at radius 3 is 2.79 bits per heavy atom. The van der Waals surface area contributed by atoms with E-state index in [1.54, 1.807) is 0 Å². The third-order valence-corrected chi connectivity index (χ3v) is 4.47. The fraction of sp³-hybridized carbons (Fsp3) is 0.375. The van der Waals surface area contributed by atoms with Gasteiger partial charge in [-0.05, 0) is 55.1 Å². The van der Waals surface area contributed by atoms with E-state index in [4.69, 9.17) is 0 Å². The standard InChI is InChI=1S/C16H19BrN2/c1-18-16-4-2-3-13-10-19(11-15(13)16)9-12-5-7-14(17)8-6-12/h5-8,10-11,16,18H,2-4,9H2,1H3. The molecule has 0 aliphatic heterocycles. The molecular weight excluding hydrogens is 300 g/mol. The summed E-state index contributed by atoms with van der Waals surface area (Å²) < 4.78 is 3.46. The van der Waals surface area contributed by atoms with E-state index in [-0.39, 0.29) is 0 Å². The number of benzene rings is 1. The first-order chi connectivity index (χ1) is 9.26. The van der Waals surface area contributed by atoms with Crippen LogP contribution in [0.2, 0.25) is 0 Å². The van der Waals surface area contributed by atoms with Gasteiger partial charge >= 0.3 is 0 Å². The number of hydrogen-bond acceptors (Lipinski definition) is 1. The molecule has 1 aliphatic carbocycles. The average Bonchev–Trinajstić information content (AvgIpc) is 2.83. The average molecular weight is 319 g/mol. The quantitative estimate of drug-likeness (QED) is 0.908. The maximum atomic E-state index is 3.48. The third kappa shape index (κ3) is 2.77. The van der Waals surface area contributed by atoms with Gasteiger partial charge in [-0.2, -0.15) is 0 Å². The van der Waals surface area contributed by atoms with Crippen LogP contribution in [0.4, 0.5) is 0 Å². The topological polar surface area (TPSA) is 17.0 Å². The lowest BCUT2D eigenvalue weighted by Gasteiger charge is -2.21. The molecule has 1 aromatic carbocycles. The van der Waals surface area contributed by atoms with Crippen LogP contribution in [0, 0.1) is 0 Å². The SMILES string of the molecule is CNC1CCCc2cn(Cc3ccc(Br)cc3)cc21. The summed E-state index contributed by atoms with van der Waals surface area (Å²) >= 11 is 3.48. The Balaban J connectivity index is 1.82. The number of aryl methyl sites for hydroxylation is 1. The second-order valence-electron chi connectivity index (χ2n) is 5.27. The summed E-state index contributed by atoms with van der Waals surface area (Å²) in [6, 6.07) is 9.11. The molecule has 0 spiro atoms. The van der Waals surface area contributed by atoms with Crippen molar-refractivity contribution in [2.24, 2.45) is 0 Å². The molecule has 19 heavy (non-hydrogen) atoms.